The number of ether oxygens (including phenoxy) is 1. The molecule has 4 nitrogen and oxygen atoms in total. The van der Waals surface area contributed by atoms with E-state index in [1.165, 1.54) is 25.7 Å². The van der Waals surface area contributed by atoms with E-state index in [2.05, 4.69) is 14.9 Å². The third kappa shape index (κ3) is 2.98. The topological polar surface area (TPSA) is 38.2 Å². The van der Waals surface area contributed by atoms with Gasteiger partial charge in [-0.25, -0.2) is 4.98 Å². The number of methoxy groups -OCH3 is 1. The lowest BCUT2D eigenvalue weighted by molar-refractivity contribution is 0.379. The minimum absolute atomic E-state index is 0.340. The summed E-state index contributed by atoms with van der Waals surface area (Å²) < 4.78 is 5.06. The number of anilines is 1. The van der Waals surface area contributed by atoms with Gasteiger partial charge in [0.1, 0.15) is 5.02 Å². The molecule has 2 rings (SSSR count). The first-order valence-electron chi connectivity index (χ1n) is 6.15. The molecule has 0 amide bonds. The molecule has 0 aromatic carbocycles. The maximum atomic E-state index is 6.20. The van der Waals surface area contributed by atoms with Crippen LogP contribution in [0.3, 0.4) is 0 Å². The molecule has 0 N–H and O–H groups in total. The Morgan fingerprint density at radius 3 is 2.78 bits per heavy atom. The largest absolute Gasteiger partial charge is 0.467 e. The van der Waals surface area contributed by atoms with Gasteiger partial charge in [0.25, 0.3) is 0 Å². The fourth-order valence-electron chi connectivity index (χ4n) is 2.41. The summed E-state index contributed by atoms with van der Waals surface area (Å²) in [6.45, 7) is 0.742. The maximum Gasteiger partial charge on any atom is 0.318 e. The van der Waals surface area contributed by atoms with Gasteiger partial charge in [0, 0.05) is 18.5 Å². The SMILES string of the molecule is COc1ncc(Cl)c(N(CCCl)C2CCCC2)n1. The van der Waals surface area contributed by atoms with Crippen molar-refractivity contribution in [1.29, 1.82) is 0 Å². The molecule has 1 saturated carbocycles. The summed E-state index contributed by atoms with van der Waals surface area (Å²) in [5, 5.41) is 0.549. The minimum atomic E-state index is 0.340. The molecule has 0 radical (unpaired) electrons. The fourth-order valence-corrected chi connectivity index (χ4v) is 2.79. The first kappa shape index (κ1) is 13.7. The number of nitrogens with zero attached hydrogens (tertiary/aromatic N) is 3. The second-order valence-electron chi connectivity index (χ2n) is 4.35. The monoisotopic (exact) mass is 289 g/mol. The van der Waals surface area contributed by atoms with Crippen molar-refractivity contribution < 1.29 is 4.74 Å². The van der Waals surface area contributed by atoms with Crippen molar-refractivity contribution in [2.24, 2.45) is 0 Å². The van der Waals surface area contributed by atoms with Crippen LogP contribution in [-0.4, -0.2) is 35.5 Å². The van der Waals surface area contributed by atoms with E-state index >= 15 is 0 Å². The van der Waals surface area contributed by atoms with E-state index in [1.807, 2.05) is 0 Å². The van der Waals surface area contributed by atoms with E-state index in [-0.39, 0.29) is 0 Å². The Morgan fingerprint density at radius 1 is 1.44 bits per heavy atom. The molecule has 1 aliphatic rings. The van der Waals surface area contributed by atoms with Crippen LogP contribution < -0.4 is 9.64 Å². The van der Waals surface area contributed by atoms with Gasteiger partial charge < -0.3 is 9.64 Å². The predicted octanol–water partition coefficient (Wildman–Crippen LogP) is 3.13. The van der Waals surface area contributed by atoms with Gasteiger partial charge in [-0.05, 0) is 12.8 Å². The molecular weight excluding hydrogens is 273 g/mol. The van der Waals surface area contributed by atoms with Gasteiger partial charge in [-0.15, -0.1) is 11.6 Å². The van der Waals surface area contributed by atoms with Gasteiger partial charge in [-0.1, -0.05) is 24.4 Å². The summed E-state index contributed by atoms with van der Waals surface area (Å²) in [4.78, 5) is 10.5. The summed E-state index contributed by atoms with van der Waals surface area (Å²) in [6.07, 6.45) is 6.42. The van der Waals surface area contributed by atoms with Crippen LogP contribution in [-0.2, 0) is 0 Å². The molecule has 0 unspecified atom stereocenters. The number of aromatic nitrogens is 2. The molecular formula is C12H17Cl2N3O. The van der Waals surface area contributed by atoms with Crippen molar-refractivity contribution in [3.63, 3.8) is 0 Å². The van der Waals surface area contributed by atoms with Gasteiger partial charge >= 0.3 is 6.01 Å². The van der Waals surface area contributed by atoms with E-state index < -0.39 is 0 Å². The van der Waals surface area contributed by atoms with Crippen LogP contribution in [0.2, 0.25) is 5.02 Å². The van der Waals surface area contributed by atoms with E-state index in [9.17, 15) is 0 Å². The van der Waals surface area contributed by atoms with E-state index in [1.54, 1.807) is 13.3 Å². The Bertz CT molecular complexity index is 397. The second-order valence-corrected chi connectivity index (χ2v) is 5.13. The van der Waals surface area contributed by atoms with Gasteiger partial charge in [0.15, 0.2) is 5.82 Å². The number of hydrogen-bond acceptors (Lipinski definition) is 4. The molecule has 18 heavy (non-hydrogen) atoms. The number of halogens is 2. The summed E-state index contributed by atoms with van der Waals surface area (Å²) in [5.41, 5.74) is 0. The Morgan fingerprint density at radius 2 is 2.17 bits per heavy atom. The smallest absolute Gasteiger partial charge is 0.318 e. The average Bonchev–Trinajstić information content (AvgIpc) is 2.91. The predicted molar refractivity (Wildman–Crippen MR) is 73.9 cm³/mol. The van der Waals surface area contributed by atoms with Gasteiger partial charge in [-0.2, -0.15) is 4.98 Å². The van der Waals surface area contributed by atoms with E-state index in [4.69, 9.17) is 27.9 Å². The van der Waals surface area contributed by atoms with Crippen molar-refractivity contribution >= 4 is 29.0 Å². The lowest BCUT2D eigenvalue weighted by Gasteiger charge is -2.30. The van der Waals surface area contributed by atoms with E-state index in [0.717, 1.165) is 12.4 Å². The molecule has 0 bridgehead atoms. The third-order valence-electron chi connectivity index (χ3n) is 3.25. The van der Waals surface area contributed by atoms with Crippen LogP contribution in [0.15, 0.2) is 6.20 Å². The molecule has 0 aliphatic heterocycles. The Balaban J connectivity index is 2.28. The van der Waals surface area contributed by atoms with E-state index in [0.29, 0.717) is 23.0 Å². The first-order chi connectivity index (χ1) is 8.76. The van der Waals surface area contributed by atoms with Gasteiger partial charge in [-0.3, -0.25) is 0 Å². The second kappa shape index (κ2) is 6.43. The Hall–Kier alpha value is -0.740. The Labute approximate surface area is 117 Å². The standard InChI is InChI=1S/C12H17Cl2N3O/c1-18-12-15-8-10(14)11(16-12)17(7-6-13)9-4-2-3-5-9/h8-9H,2-7H2,1H3. The molecule has 0 spiro atoms. The normalized spacial score (nSPS) is 15.9. The van der Waals surface area contributed by atoms with Crippen LogP contribution in [0.1, 0.15) is 25.7 Å². The maximum absolute atomic E-state index is 6.20. The van der Waals surface area contributed by atoms with Crippen LogP contribution in [0, 0.1) is 0 Å². The summed E-state index contributed by atoms with van der Waals surface area (Å²) in [6, 6.07) is 0.813. The minimum Gasteiger partial charge on any atom is -0.467 e. The molecule has 0 atom stereocenters. The van der Waals surface area contributed by atoms with Gasteiger partial charge in [0.2, 0.25) is 0 Å². The molecule has 0 saturated heterocycles. The van der Waals surface area contributed by atoms with Crippen molar-refractivity contribution in [2.45, 2.75) is 31.7 Å². The zero-order chi connectivity index (χ0) is 13.0. The van der Waals surface area contributed by atoms with Crippen molar-refractivity contribution in [3.05, 3.63) is 11.2 Å². The highest BCUT2D eigenvalue weighted by molar-refractivity contribution is 6.32. The molecule has 100 valence electrons. The zero-order valence-corrected chi connectivity index (χ0v) is 11.9. The molecule has 6 heteroatoms. The Kier molecular flexibility index (Phi) is 4.89. The summed E-state index contributed by atoms with van der Waals surface area (Å²) in [7, 11) is 1.55. The van der Waals surface area contributed by atoms with Crippen molar-refractivity contribution in [2.75, 3.05) is 24.4 Å². The number of rotatable bonds is 5. The highest BCUT2D eigenvalue weighted by Gasteiger charge is 2.25. The van der Waals surface area contributed by atoms with Crippen molar-refractivity contribution in [1.82, 2.24) is 9.97 Å². The summed E-state index contributed by atoms with van der Waals surface area (Å²) in [5.74, 6) is 1.29. The molecule has 1 fully saturated rings. The quantitative estimate of drug-likeness (QED) is 0.781. The molecule has 1 aromatic heterocycles. The highest BCUT2D eigenvalue weighted by Crippen LogP contribution is 2.31. The average molecular weight is 290 g/mol. The lowest BCUT2D eigenvalue weighted by Crippen LogP contribution is -2.36. The van der Waals surface area contributed by atoms with Crippen LogP contribution in [0.25, 0.3) is 0 Å². The molecule has 1 aromatic rings. The fraction of sp³-hybridized carbons (Fsp3) is 0.667. The zero-order valence-electron chi connectivity index (χ0n) is 10.4. The molecule has 1 heterocycles. The lowest BCUT2D eigenvalue weighted by atomic mass is 10.2. The summed E-state index contributed by atoms with van der Waals surface area (Å²) >= 11 is 12.1. The molecule has 1 aliphatic carbocycles. The van der Waals surface area contributed by atoms with Crippen LogP contribution in [0.5, 0.6) is 6.01 Å². The highest BCUT2D eigenvalue weighted by atomic mass is 35.5. The number of hydrogen-bond donors (Lipinski definition) is 0. The van der Waals surface area contributed by atoms with Gasteiger partial charge in [0.05, 0.1) is 13.3 Å². The third-order valence-corrected chi connectivity index (χ3v) is 3.68. The van der Waals surface area contributed by atoms with Crippen LogP contribution >= 0.6 is 23.2 Å². The first-order valence-corrected chi connectivity index (χ1v) is 7.06. The van der Waals surface area contributed by atoms with Crippen LogP contribution in [0.4, 0.5) is 5.82 Å². The number of alkyl halides is 1. The van der Waals surface area contributed by atoms with Crippen molar-refractivity contribution in [3.8, 4) is 6.01 Å².